The number of anilines is 2. The molecular weight excluding hydrogens is 460 g/mol. The van der Waals surface area contributed by atoms with E-state index < -0.39 is 5.97 Å². The molecular formula is C26H24N6O4. The van der Waals surface area contributed by atoms with Gasteiger partial charge in [0.2, 0.25) is 0 Å². The summed E-state index contributed by atoms with van der Waals surface area (Å²) in [5.41, 5.74) is 4.89. The van der Waals surface area contributed by atoms with Gasteiger partial charge in [-0.05, 0) is 60.8 Å². The van der Waals surface area contributed by atoms with Crippen molar-refractivity contribution in [3.05, 3.63) is 77.1 Å². The van der Waals surface area contributed by atoms with Crippen LogP contribution in [-0.4, -0.2) is 49.3 Å². The molecule has 1 aliphatic heterocycles. The number of carbonyl (C=O) groups is 2. The van der Waals surface area contributed by atoms with Crippen LogP contribution in [0.3, 0.4) is 0 Å². The van der Waals surface area contributed by atoms with Gasteiger partial charge in [-0.15, -0.1) is 4.91 Å². The fraction of sp³-hybridized carbons (Fsp3) is 0.231. The number of likely N-dealkylation sites (tertiary alicyclic amines) is 1. The van der Waals surface area contributed by atoms with Crippen molar-refractivity contribution in [2.75, 3.05) is 18.4 Å². The van der Waals surface area contributed by atoms with Gasteiger partial charge >= 0.3 is 5.97 Å². The van der Waals surface area contributed by atoms with Gasteiger partial charge in [0.1, 0.15) is 5.69 Å². The summed E-state index contributed by atoms with van der Waals surface area (Å²) in [6.45, 7) is 2.76. The second kappa shape index (κ2) is 9.57. The third-order valence-electron chi connectivity index (χ3n) is 6.55. The van der Waals surface area contributed by atoms with Crippen molar-refractivity contribution in [2.45, 2.75) is 19.8 Å². The molecule has 0 spiro atoms. The van der Waals surface area contributed by atoms with Gasteiger partial charge < -0.3 is 15.3 Å². The van der Waals surface area contributed by atoms with E-state index in [4.69, 9.17) is 0 Å². The Morgan fingerprint density at radius 3 is 2.50 bits per heavy atom. The molecule has 1 amide bonds. The molecule has 1 fully saturated rings. The number of imidazole rings is 1. The van der Waals surface area contributed by atoms with Gasteiger partial charge in [-0.3, -0.25) is 14.0 Å². The highest BCUT2D eigenvalue weighted by Gasteiger charge is 2.28. The zero-order valence-electron chi connectivity index (χ0n) is 19.6. The number of nitrogens with one attached hydrogen (secondary N) is 1. The topological polar surface area (TPSA) is 129 Å². The predicted octanol–water partition coefficient (Wildman–Crippen LogP) is 4.78. The monoisotopic (exact) mass is 484 g/mol. The standard InChI is InChI=1S/C26H24N6O4/c1-16-14-20(6-7-21(16)25(33)31-11-8-18(9-12-31)26(34)35)29-23-24-28-15-22(32(24)13-10-27-23)17-2-4-19(30-36)5-3-17/h2-7,10,13-15,18H,8-9,11-12H2,1H3,(H,27,29)(H,34,35). The summed E-state index contributed by atoms with van der Waals surface area (Å²) in [6.07, 6.45) is 6.18. The largest absolute Gasteiger partial charge is 0.481 e. The zero-order valence-corrected chi connectivity index (χ0v) is 19.6. The van der Waals surface area contributed by atoms with Gasteiger partial charge in [-0.1, -0.05) is 12.1 Å². The van der Waals surface area contributed by atoms with Crippen LogP contribution in [0.5, 0.6) is 0 Å². The van der Waals surface area contributed by atoms with E-state index in [0.717, 1.165) is 22.5 Å². The van der Waals surface area contributed by atoms with Gasteiger partial charge in [0.25, 0.3) is 5.91 Å². The minimum Gasteiger partial charge on any atom is -0.481 e. The summed E-state index contributed by atoms with van der Waals surface area (Å²) in [5, 5.41) is 15.4. The number of nitrogens with zero attached hydrogens (tertiary/aromatic N) is 5. The van der Waals surface area contributed by atoms with Crippen LogP contribution in [-0.2, 0) is 4.79 Å². The number of piperidine rings is 1. The van der Waals surface area contributed by atoms with Gasteiger partial charge in [0, 0.05) is 42.3 Å². The number of benzene rings is 2. The van der Waals surface area contributed by atoms with Crippen LogP contribution in [0.25, 0.3) is 16.9 Å². The molecule has 0 unspecified atom stereocenters. The molecule has 1 saturated heterocycles. The number of aliphatic carboxylic acids is 1. The molecule has 182 valence electrons. The summed E-state index contributed by atoms with van der Waals surface area (Å²) >= 11 is 0. The highest BCUT2D eigenvalue weighted by atomic mass is 16.4. The van der Waals surface area contributed by atoms with Crippen LogP contribution in [0.2, 0.25) is 0 Å². The molecule has 0 bridgehead atoms. The lowest BCUT2D eigenvalue weighted by Crippen LogP contribution is -2.40. The quantitative estimate of drug-likeness (QED) is 0.377. The number of nitroso groups, excluding NO2 is 1. The summed E-state index contributed by atoms with van der Waals surface area (Å²) in [6, 6.07) is 12.4. The van der Waals surface area contributed by atoms with E-state index in [1.165, 1.54) is 0 Å². The maximum absolute atomic E-state index is 13.0. The average Bonchev–Trinajstić information content (AvgIpc) is 3.34. The highest BCUT2D eigenvalue weighted by Crippen LogP contribution is 2.28. The van der Waals surface area contributed by atoms with E-state index in [0.29, 0.717) is 48.6 Å². The Kier molecular flexibility index (Phi) is 6.16. The first kappa shape index (κ1) is 23.2. The van der Waals surface area contributed by atoms with Gasteiger partial charge in [0.15, 0.2) is 11.5 Å². The number of carboxylic acids is 1. The maximum Gasteiger partial charge on any atom is 0.306 e. The van der Waals surface area contributed by atoms with Crippen molar-refractivity contribution in [1.29, 1.82) is 0 Å². The summed E-state index contributed by atoms with van der Waals surface area (Å²) < 4.78 is 1.91. The van der Waals surface area contributed by atoms with Crippen LogP contribution < -0.4 is 5.32 Å². The molecule has 1 aliphatic rings. The van der Waals surface area contributed by atoms with Gasteiger partial charge in [-0.2, -0.15) is 0 Å². The summed E-state index contributed by atoms with van der Waals surface area (Å²) in [7, 11) is 0. The SMILES string of the molecule is Cc1cc(Nc2nccn3c(-c4ccc(N=O)cc4)cnc23)ccc1C(=O)N1CCC(C(=O)O)CC1. The molecule has 2 N–H and O–H groups in total. The molecule has 36 heavy (non-hydrogen) atoms. The first-order chi connectivity index (χ1) is 17.4. The van der Waals surface area contributed by atoms with E-state index in [9.17, 15) is 19.6 Å². The van der Waals surface area contributed by atoms with Crippen LogP contribution >= 0.6 is 0 Å². The van der Waals surface area contributed by atoms with E-state index in [-0.39, 0.29) is 11.8 Å². The first-order valence-electron chi connectivity index (χ1n) is 11.6. The first-order valence-corrected chi connectivity index (χ1v) is 11.6. The average molecular weight is 485 g/mol. The molecule has 4 aromatic rings. The van der Waals surface area contributed by atoms with E-state index in [2.05, 4.69) is 20.5 Å². The minimum absolute atomic E-state index is 0.0863. The van der Waals surface area contributed by atoms with Gasteiger partial charge in [0.05, 0.1) is 17.8 Å². The Bertz CT molecular complexity index is 1460. The maximum atomic E-state index is 13.0. The number of carboxylic acid groups (broad SMARTS) is 1. The molecule has 2 aromatic heterocycles. The number of rotatable bonds is 6. The number of carbonyl (C=O) groups excluding carboxylic acids is 1. The zero-order chi connectivity index (χ0) is 25.2. The van der Waals surface area contributed by atoms with E-state index in [1.807, 2.05) is 41.8 Å². The number of aromatic nitrogens is 3. The normalized spacial score (nSPS) is 14.1. The lowest BCUT2D eigenvalue weighted by molar-refractivity contribution is -0.143. The third-order valence-corrected chi connectivity index (χ3v) is 6.55. The molecule has 0 saturated carbocycles. The van der Waals surface area contributed by atoms with Crippen LogP contribution in [0, 0.1) is 17.7 Å². The minimum atomic E-state index is -0.796. The second-order valence-electron chi connectivity index (χ2n) is 8.81. The Morgan fingerprint density at radius 2 is 1.83 bits per heavy atom. The Morgan fingerprint density at radius 1 is 1.08 bits per heavy atom. The highest BCUT2D eigenvalue weighted by molar-refractivity contribution is 5.96. The number of hydrogen-bond donors (Lipinski definition) is 2. The number of aryl methyl sites for hydroxylation is 1. The van der Waals surface area contributed by atoms with E-state index >= 15 is 0 Å². The Hall–Kier alpha value is -4.60. The third kappa shape index (κ3) is 4.40. The molecule has 10 heteroatoms. The van der Waals surface area contributed by atoms with E-state index in [1.54, 1.807) is 35.5 Å². The lowest BCUT2D eigenvalue weighted by Gasteiger charge is -2.30. The fourth-order valence-corrected chi connectivity index (χ4v) is 4.53. The molecule has 0 radical (unpaired) electrons. The van der Waals surface area contributed by atoms with Gasteiger partial charge in [-0.25, -0.2) is 9.97 Å². The van der Waals surface area contributed by atoms with Crippen LogP contribution in [0.1, 0.15) is 28.8 Å². The molecule has 0 aliphatic carbocycles. The Labute approximate surface area is 206 Å². The number of amides is 1. The molecule has 5 rings (SSSR count). The van der Waals surface area contributed by atoms with Crippen LogP contribution in [0.4, 0.5) is 17.2 Å². The van der Waals surface area contributed by atoms with Crippen molar-refractivity contribution >= 4 is 34.7 Å². The van der Waals surface area contributed by atoms with Crippen molar-refractivity contribution in [3.63, 3.8) is 0 Å². The van der Waals surface area contributed by atoms with Crippen molar-refractivity contribution in [3.8, 4) is 11.3 Å². The molecule has 10 nitrogen and oxygen atoms in total. The number of fused-ring (bicyclic) bond motifs is 1. The van der Waals surface area contributed by atoms with Crippen molar-refractivity contribution in [1.82, 2.24) is 19.3 Å². The number of hydrogen-bond acceptors (Lipinski definition) is 7. The van der Waals surface area contributed by atoms with Crippen molar-refractivity contribution < 1.29 is 14.7 Å². The Balaban J connectivity index is 1.35. The molecule has 0 atom stereocenters. The summed E-state index contributed by atoms with van der Waals surface area (Å²) in [4.78, 5) is 45.6. The smallest absolute Gasteiger partial charge is 0.306 e. The van der Waals surface area contributed by atoms with Crippen LogP contribution in [0.15, 0.2) is 66.2 Å². The fourth-order valence-electron chi connectivity index (χ4n) is 4.53. The van der Waals surface area contributed by atoms with Crippen molar-refractivity contribution in [2.24, 2.45) is 11.1 Å². The molecule has 3 heterocycles. The molecule has 2 aromatic carbocycles. The predicted molar refractivity (Wildman–Crippen MR) is 135 cm³/mol. The lowest BCUT2D eigenvalue weighted by atomic mass is 9.96. The summed E-state index contributed by atoms with van der Waals surface area (Å²) in [5.74, 6) is -0.705. The second-order valence-corrected chi connectivity index (χ2v) is 8.81.